The topological polar surface area (TPSA) is 94.6 Å². The van der Waals surface area contributed by atoms with Gasteiger partial charge in [0.2, 0.25) is 11.8 Å². The molecule has 2 amide bonds. The van der Waals surface area contributed by atoms with E-state index in [0.717, 1.165) is 12.8 Å². The first-order chi connectivity index (χ1) is 9.81. The van der Waals surface area contributed by atoms with E-state index in [9.17, 15) is 9.59 Å². The number of nitrogens with zero attached hydrogens (tertiary/aromatic N) is 1. The molecule has 1 aliphatic carbocycles. The summed E-state index contributed by atoms with van der Waals surface area (Å²) in [5.41, 5.74) is -0.247. The van der Waals surface area contributed by atoms with Crippen LogP contribution in [0.1, 0.15) is 33.6 Å². The molecule has 0 unspecified atom stereocenters. The van der Waals surface area contributed by atoms with Crippen molar-refractivity contribution in [2.24, 2.45) is 10.9 Å². The Morgan fingerprint density at radius 1 is 1.09 bits per heavy atom. The molecule has 0 aromatic heterocycles. The summed E-state index contributed by atoms with van der Waals surface area (Å²) in [5.74, 6) is 0.806. The smallest absolute Gasteiger partial charge is 0.239 e. The Bertz CT molecular complexity index is 403. The Hall–Kier alpha value is -1.06. The molecular weight excluding hydrogens is 397 g/mol. The normalized spacial score (nSPS) is 14.6. The highest BCUT2D eigenvalue weighted by molar-refractivity contribution is 14.0. The van der Waals surface area contributed by atoms with Crippen molar-refractivity contribution in [2.45, 2.75) is 39.2 Å². The number of aliphatic imine (C=N–C) groups is 1. The Morgan fingerprint density at radius 2 is 1.68 bits per heavy atom. The number of guanidine groups is 1. The molecule has 0 saturated heterocycles. The molecule has 128 valence electrons. The van der Waals surface area contributed by atoms with Gasteiger partial charge >= 0.3 is 0 Å². The maximum atomic E-state index is 11.7. The van der Waals surface area contributed by atoms with Crippen molar-refractivity contribution in [1.29, 1.82) is 0 Å². The second-order valence-electron chi connectivity index (χ2n) is 6.22. The summed E-state index contributed by atoms with van der Waals surface area (Å²) in [6, 6.07) is 0. The summed E-state index contributed by atoms with van der Waals surface area (Å²) in [5, 5.41) is 11.7. The van der Waals surface area contributed by atoms with Gasteiger partial charge in [-0.15, -0.1) is 24.0 Å². The van der Waals surface area contributed by atoms with E-state index in [1.807, 2.05) is 20.8 Å². The third-order valence-electron chi connectivity index (χ3n) is 2.82. The van der Waals surface area contributed by atoms with Gasteiger partial charge in [-0.25, -0.2) is 0 Å². The fourth-order valence-corrected chi connectivity index (χ4v) is 1.70. The van der Waals surface area contributed by atoms with Crippen LogP contribution in [0.15, 0.2) is 4.99 Å². The average Bonchev–Trinajstić information content (AvgIpc) is 3.19. The molecular formula is C14H28IN5O2. The SMILES string of the molecule is CN=C(NCCNC(=O)C1CC1)NCC(=O)NC(C)(C)C.I. The summed E-state index contributed by atoms with van der Waals surface area (Å²) < 4.78 is 0. The molecule has 0 heterocycles. The van der Waals surface area contributed by atoms with Gasteiger partial charge in [0.25, 0.3) is 0 Å². The van der Waals surface area contributed by atoms with E-state index in [4.69, 9.17) is 0 Å². The molecule has 22 heavy (non-hydrogen) atoms. The summed E-state index contributed by atoms with van der Waals surface area (Å²) >= 11 is 0. The number of amides is 2. The first-order valence-corrected chi connectivity index (χ1v) is 7.35. The largest absolute Gasteiger partial charge is 0.355 e. The van der Waals surface area contributed by atoms with E-state index in [-0.39, 0.29) is 53.8 Å². The zero-order chi connectivity index (χ0) is 15.9. The van der Waals surface area contributed by atoms with Crippen molar-refractivity contribution in [3.63, 3.8) is 0 Å². The number of hydrogen-bond donors (Lipinski definition) is 4. The first-order valence-electron chi connectivity index (χ1n) is 7.35. The molecule has 1 fully saturated rings. The van der Waals surface area contributed by atoms with Gasteiger partial charge in [-0.3, -0.25) is 14.6 Å². The zero-order valence-corrected chi connectivity index (χ0v) is 16.1. The lowest BCUT2D eigenvalue weighted by Gasteiger charge is -2.21. The van der Waals surface area contributed by atoms with Gasteiger partial charge in [0.15, 0.2) is 5.96 Å². The predicted octanol–water partition coefficient (Wildman–Crippen LogP) is 0.210. The minimum absolute atomic E-state index is 0. The Morgan fingerprint density at radius 3 is 2.18 bits per heavy atom. The van der Waals surface area contributed by atoms with Crippen molar-refractivity contribution in [3.8, 4) is 0 Å². The maximum Gasteiger partial charge on any atom is 0.239 e. The summed E-state index contributed by atoms with van der Waals surface area (Å²) in [6.07, 6.45) is 2.01. The Kier molecular flexibility index (Phi) is 9.38. The van der Waals surface area contributed by atoms with Gasteiger partial charge in [0, 0.05) is 31.6 Å². The molecule has 0 bridgehead atoms. The van der Waals surface area contributed by atoms with Crippen LogP contribution in [-0.2, 0) is 9.59 Å². The van der Waals surface area contributed by atoms with E-state index in [1.165, 1.54) is 0 Å². The van der Waals surface area contributed by atoms with Crippen molar-refractivity contribution in [1.82, 2.24) is 21.3 Å². The number of halogens is 1. The zero-order valence-electron chi connectivity index (χ0n) is 13.8. The first kappa shape index (κ1) is 20.9. The number of hydrogen-bond acceptors (Lipinski definition) is 3. The lowest BCUT2D eigenvalue weighted by Crippen LogP contribution is -2.49. The molecule has 1 rings (SSSR count). The lowest BCUT2D eigenvalue weighted by molar-refractivity contribution is -0.122. The average molecular weight is 425 g/mol. The van der Waals surface area contributed by atoms with Crippen LogP contribution in [0.2, 0.25) is 0 Å². The standard InChI is InChI=1S/C14H27N5O2.HI/c1-14(2,3)19-11(20)9-18-13(15-4)17-8-7-16-12(21)10-5-6-10;/h10H,5-9H2,1-4H3,(H,16,21)(H,19,20)(H2,15,17,18);1H. The van der Waals surface area contributed by atoms with Crippen LogP contribution in [0.25, 0.3) is 0 Å². The van der Waals surface area contributed by atoms with Gasteiger partial charge in [-0.05, 0) is 33.6 Å². The van der Waals surface area contributed by atoms with Crippen LogP contribution < -0.4 is 21.3 Å². The highest BCUT2D eigenvalue weighted by Crippen LogP contribution is 2.28. The van der Waals surface area contributed by atoms with E-state index in [0.29, 0.717) is 19.0 Å². The van der Waals surface area contributed by atoms with E-state index < -0.39 is 0 Å². The number of carbonyl (C=O) groups is 2. The molecule has 1 aliphatic rings. The minimum Gasteiger partial charge on any atom is -0.355 e. The highest BCUT2D eigenvalue weighted by atomic mass is 127. The maximum absolute atomic E-state index is 11.7. The molecule has 0 aromatic carbocycles. The minimum atomic E-state index is -0.247. The van der Waals surface area contributed by atoms with Gasteiger partial charge < -0.3 is 21.3 Å². The number of carbonyl (C=O) groups excluding carboxylic acids is 2. The van der Waals surface area contributed by atoms with Crippen molar-refractivity contribution >= 4 is 41.8 Å². The quantitative estimate of drug-likeness (QED) is 0.212. The van der Waals surface area contributed by atoms with Crippen LogP contribution in [0, 0.1) is 5.92 Å². The molecule has 0 aromatic rings. The van der Waals surface area contributed by atoms with Crippen LogP contribution in [0.4, 0.5) is 0 Å². The predicted molar refractivity (Wildman–Crippen MR) is 98.4 cm³/mol. The Balaban J connectivity index is 0.00000441. The molecule has 1 saturated carbocycles. The fraction of sp³-hybridized carbons (Fsp3) is 0.786. The van der Waals surface area contributed by atoms with E-state index in [2.05, 4.69) is 26.3 Å². The van der Waals surface area contributed by atoms with E-state index in [1.54, 1.807) is 7.05 Å². The second-order valence-corrected chi connectivity index (χ2v) is 6.22. The summed E-state index contributed by atoms with van der Waals surface area (Å²) in [6.45, 7) is 7.07. The van der Waals surface area contributed by atoms with Crippen LogP contribution in [-0.4, -0.2) is 50.0 Å². The molecule has 0 atom stereocenters. The third kappa shape index (κ3) is 9.80. The van der Waals surface area contributed by atoms with Crippen molar-refractivity contribution < 1.29 is 9.59 Å². The summed E-state index contributed by atoms with van der Waals surface area (Å²) in [7, 11) is 1.64. The van der Waals surface area contributed by atoms with Crippen molar-refractivity contribution in [2.75, 3.05) is 26.7 Å². The van der Waals surface area contributed by atoms with Crippen LogP contribution in [0.3, 0.4) is 0 Å². The van der Waals surface area contributed by atoms with Crippen molar-refractivity contribution in [3.05, 3.63) is 0 Å². The molecule has 8 heteroatoms. The molecule has 0 aliphatic heterocycles. The molecule has 7 nitrogen and oxygen atoms in total. The second kappa shape index (κ2) is 9.86. The fourth-order valence-electron chi connectivity index (χ4n) is 1.70. The monoisotopic (exact) mass is 425 g/mol. The third-order valence-corrected chi connectivity index (χ3v) is 2.82. The number of rotatable bonds is 6. The van der Waals surface area contributed by atoms with Gasteiger partial charge in [-0.2, -0.15) is 0 Å². The number of nitrogens with one attached hydrogen (secondary N) is 4. The van der Waals surface area contributed by atoms with E-state index >= 15 is 0 Å². The molecule has 4 N–H and O–H groups in total. The van der Waals surface area contributed by atoms with Gasteiger partial charge in [0.1, 0.15) is 0 Å². The highest BCUT2D eigenvalue weighted by Gasteiger charge is 2.28. The Labute approximate surface area is 149 Å². The van der Waals surface area contributed by atoms with Crippen LogP contribution in [0.5, 0.6) is 0 Å². The molecule has 0 radical (unpaired) electrons. The summed E-state index contributed by atoms with van der Waals surface area (Å²) in [4.78, 5) is 27.1. The lowest BCUT2D eigenvalue weighted by atomic mass is 10.1. The van der Waals surface area contributed by atoms with Gasteiger partial charge in [0.05, 0.1) is 6.54 Å². The van der Waals surface area contributed by atoms with Gasteiger partial charge in [-0.1, -0.05) is 0 Å². The van der Waals surface area contributed by atoms with Crippen LogP contribution >= 0.6 is 24.0 Å². The molecule has 0 spiro atoms.